The highest BCUT2D eigenvalue weighted by atomic mass is 35.5. The maximum absolute atomic E-state index is 12.5. The van der Waals surface area contributed by atoms with Crippen LogP contribution in [0.2, 0.25) is 5.02 Å². The van der Waals surface area contributed by atoms with Gasteiger partial charge in [-0.25, -0.2) is 0 Å². The largest absolute Gasteiger partial charge is 0.370 e. The van der Waals surface area contributed by atoms with Gasteiger partial charge in [0.2, 0.25) is 5.91 Å². The Balaban J connectivity index is 2.03. The first kappa shape index (κ1) is 16.3. The Hall–Kier alpha value is -1.10. The van der Waals surface area contributed by atoms with Gasteiger partial charge in [0.05, 0.1) is 19.2 Å². The molecular weight excluding hydrogens is 288 g/mol. The molecule has 5 heteroatoms. The third-order valence-electron chi connectivity index (χ3n) is 4.16. The molecule has 2 rings (SSSR count). The third-order valence-corrected chi connectivity index (χ3v) is 4.41. The van der Waals surface area contributed by atoms with E-state index >= 15 is 0 Å². The first-order valence-electron chi connectivity index (χ1n) is 7.44. The zero-order valence-corrected chi connectivity index (χ0v) is 13.3. The maximum Gasteiger partial charge on any atom is 0.239 e. The number of rotatable bonds is 4. The molecular formula is C16H23ClN2O2. The van der Waals surface area contributed by atoms with E-state index in [9.17, 15) is 4.79 Å². The number of halogens is 1. The smallest absolute Gasteiger partial charge is 0.239 e. The van der Waals surface area contributed by atoms with E-state index in [1.807, 2.05) is 43.0 Å². The molecule has 2 unspecified atom stereocenters. The molecule has 1 aliphatic heterocycles. The number of ether oxygens (including phenoxy) is 1. The van der Waals surface area contributed by atoms with Crippen molar-refractivity contribution in [1.29, 1.82) is 0 Å². The lowest BCUT2D eigenvalue weighted by Crippen LogP contribution is -2.51. The molecule has 0 aliphatic carbocycles. The van der Waals surface area contributed by atoms with Gasteiger partial charge in [0, 0.05) is 11.6 Å². The summed E-state index contributed by atoms with van der Waals surface area (Å²) < 4.78 is 5.77. The van der Waals surface area contributed by atoms with Crippen molar-refractivity contribution in [3.8, 4) is 0 Å². The summed E-state index contributed by atoms with van der Waals surface area (Å²) >= 11 is 5.90. The van der Waals surface area contributed by atoms with Crippen LogP contribution in [-0.4, -0.2) is 36.5 Å². The number of benzene rings is 1. The van der Waals surface area contributed by atoms with Crippen LogP contribution in [0, 0.1) is 5.92 Å². The molecule has 1 aromatic carbocycles. The molecule has 1 heterocycles. The first-order valence-corrected chi connectivity index (χ1v) is 7.82. The molecule has 1 aromatic rings. The second-order valence-corrected chi connectivity index (χ2v) is 6.04. The van der Waals surface area contributed by atoms with Crippen molar-refractivity contribution in [2.45, 2.75) is 32.4 Å². The van der Waals surface area contributed by atoms with Crippen LogP contribution < -0.4 is 5.73 Å². The van der Waals surface area contributed by atoms with E-state index in [0.717, 1.165) is 12.0 Å². The molecule has 0 saturated carbocycles. The van der Waals surface area contributed by atoms with E-state index in [4.69, 9.17) is 22.1 Å². The van der Waals surface area contributed by atoms with Gasteiger partial charge >= 0.3 is 0 Å². The van der Waals surface area contributed by atoms with E-state index in [2.05, 4.69) is 0 Å². The minimum absolute atomic E-state index is 0.0200. The quantitative estimate of drug-likeness (QED) is 0.930. The summed E-state index contributed by atoms with van der Waals surface area (Å²) in [5, 5.41) is 0.696. The molecule has 0 radical (unpaired) electrons. The van der Waals surface area contributed by atoms with Crippen molar-refractivity contribution < 1.29 is 9.53 Å². The summed E-state index contributed by atoms with van der Waals surface area (Å²) in [6, 6.07) is 7.13. The molecule has 0 aromatic heterocycles. The lowest BCUT2D eigenvalue weighted by molar-refractivity contribution is -0.141. The fourth-order valence-electron chi connectivity index (χ4n) is 2.44. The van der Waals surface area contributed by atoms with Crippen LogP contribution in [0.4, 0.5) is 0 Å². The zero-order valence-electron chi connectivity index (χ0n) is 12.6. The lowest BCUT2D eigenvalue weighted by Gasteiger charge is -2.35. The van der Waals surface area contributed by atoms with Gasteiger partial charge < -0.3 is 15.4 Å². The minimum Gasteiger partial charge on any atom is -0.370 e. The van der Waals surface area contributed by atoms with Crippen LogP contribution in [0.15, 0.2) is 24.3 Å². The molecule has 1 aliphatic rings. The number of hydrogen-bond donors (Lipinski definition) is 1. The number of nitrogens with two attached hydrogens (primary N) is 1. The predicted molar refractivity (Wildman–Crippen MR) is 84.2 cm³/mol. The number of carbonyl (C=O) groups excluding carboxylic acids is 1. The first-order chi connectivity index (χ1) is 10.0. The molecule has 116 valence electrons. The van der Waals surface area contributed by atoms with E-state index in [1.165, 1.54) is 0 Å². The number of carbonyl (C=O) groups is 1. The Bertz CT molecular complexity index is 478. The minimum atomic E-state index is -0.432. The average molecular weight is 311 g/mol. The molecule has 1 amide bonds. The predicted octanol–water partition coefficient (Wildman–Crippen LogP) is 2.61. The van der Waals surface area contributed by atoms with Crippen LogP contribution in [0.1, 0.15) is 31.9 Å². The molecule has 3 atom stereocenters. The van der Waals surface area contributed by atoms with Gasteiger partial charge in [-0.3, -0.25) is 4.79 Å². The number of nitrogens with zero attached hydrogens (tertiary/aromatic N) is 1. The van der Waals surface area contributed by atoms with Gasteiger partial charge in [-0.1, -0.05) is 44.0 Å². The fourth-order valence-corrected chi connectivity index (χ4v) is 2.56. The number of amides is 1. The summed E-state index contributed by atoms with van der Waals surface area (Å²) in [7, 11) is 0. The van der Waals surface area contributed by atoms with Crippen molar-refractivity contribution in [2.24, 2.45) is 11.7 Å². The lowest BCUT2D eigenvalue weighted by atomic mass is 9.98. The number of morpholine rings is 1. The number of hydrogen-bond acceptors (Lipinski definition) is 3. The highest BCUT2D eigenvalue weighted by molar-refractivity contribution is 6.30. The van der Waals surface area contributed by atoms with E-state index < -0.39 is 6.04 Å². The summed E-state index contributed by atoms with van der Waals surface area (Å²) in [5.74, 6) is 0.209. The summed E-state index contributed by atoms with van der Waals surface area (Å²) in [6.07, 6.45) is 0.793. The van der Waals surface area contributed by atoms with Crippen LogP contribution in [0.25, 0.3) is 0 Å². The SMILES string of the molecule is CCC(C)[C@H](N)C(=O)N1CCOC(c2ccc(Cl)cc2)C1. The Morgan fingerprint density at radius 3 is 2.76 bits per heavy atom. The standard InChI is InChI=1S/C16H23ClN2O2/c1-3-11(2)15(18)16(20)19-8-9-21-14(10-19)12-4-6-13(17)7-5-12/h4-7,11,14-15H,3,8-10,18H2,1-2H3/t11?,14?,15-/m0/s1. The Morgan fingerprint density at radius 2 is 2.14 bits per heavy atom. The van der Waals surface area contributed by atoms with Gasteiger partial charge in [-0.2, -0.15) is 0 Å². The van der Waals surface area contributed by atoms with Gasteiger partial charge in [0.15, 0.2) is 0 Å². The Morgan fingerprint density at radius 1 is 1.48 bits per heavy atom. The van der Waals surface area contributed by atoms with Crippen LogP contribution in [-0.2, 0) is 9.53 Å². The third kappa shape index (κ3) is 3.96. The highest BCUT2D eigenvalue weighted by Gasteiger charge is 2.30. The fraction of sp³-hybridized carbons (Fsp3) is 0.562. The van der Waals surface area contributed by atoms with Crippen molar-refractivity contribution in [3.63, 3.8) is 0 Å². The van der Waals surface area contributed by atoms with E-state index in [1.54, 1.807) is 0 Å². The van der Waals surface area contributed by atoms with Gasteiger partial charge in [-0.05, 0) is 23.6 Å². The van der Waals surface area contributed by atoms with E-state index in [0.29, 0.717) is 24.7 Å². The van der Waals surface area contributed by atoms with Gasteiger partial charge in [-0.15, -0.1) is 0 Å². The van der Waals surface area contributed by atoms with Gasteiger partial charge in [0.25, 0.3) is 0 Å². The van der Waals surface area contributed by atoms with Crippen molar-refractivity contribution >= 4 is 17.5 Å². The molecule has 2 N–H and O–H groups in total. The molecule has 1 saturated heterocycles. The van der Waals surface area contributed by atoms with Crippen LogP contribution >= 0.6 is 11.6 Å². The van der Waals surface area contributed by atoms with Crippen molar-refractivity contribution in [3.05, 3.63) is 34.9 Å². The Labute approximate surface area is 131 Å². The summed E-state index contributed by atoms with van der Waals surface area (Å²) in [6.45, 7) is 5.75. The normalized spacial score (nSPS) is 21.9. The highest BCUT2D eigenvalue weighted by Crippen LogP contribution is 2.24. The molecule has 0 bridgehead atoms. The second-order valence-electron chi connectivity index (χ2n) is 5.61. The average Bonchev–Trinajstić information content (AvgIpc) is 2.53. The van der Waals surface area contributed by atoms with Crippen LogP contribution in [0.5, 0.6) is 0 Å². The maximum atomic E-state index is 12.5. The summed E-state index contributed by atoms with van der Waals surface area (Å²) in [4.78, 5) is 14.3. The molecule has 1 fully saturated rings. The van der Waals surface area contributed by atoms with Crippen LogP contribution in [0.3, 0.4) is 0 Å². The van der Waals surface area contributed by atoms with Crippen molar-refractivity contribution in [2.75, 3.05) is 19.7 Å². The molecule has 0 spiro atoms. The van der Waals surface area contributed by atoms with Crippen molar-refractivity contribution in [1.82, 2.24) is 4.90 Å². The zero-order chi connectivity index (χ0) is 15.4. The van der Waals surface area contributed by atoms with E-state index in [-0.39, 0.29) is 17.9 Å². The van der Waals surface area contributed by atoms with Gasteiger partial charge in [0.1, 0.15) is 6.10 Å². The Kier molecular flexibility index (Phi) is 5.62. The second kappa shape index (κ2) is 7.25. The monoisotopic (exact) mass is 310 g/mol. The molecule has 4 nitrogen and oxygen atoms in total. The molecule has 21 heavy (non-hydrogen) atoms. The topological polar surface area (TPSA) is 55.6 Å². The summed E-state index contributed by atoms with van der Waals surface area (Å²) in [5.41, 5.74) is 7.09.